The Morgan fingerprint density at radius 3 is 2.71 bits per heavy atom. The number of benzene rings is 1. The standard InChI is InChI=1S/C19H18ClFN4O2S/c1-25-10-11(4-16(25)18-17(27-2)7-13(21)9-22-18)19(26)23-14-5-12(20)6-15(8-14)24-28-3/h4-10,24H,1-3H3,(H,23,26). The van der Waals surface area contributed by atoms with Crippen molar-refractivity contribution in [1.29, 1.82) is 0 Å². The number of pyridine rings is 1. The van der Waals surface area contributed by atoms with Gasteiger partial charge in [0.1, 0.15) is 17.3 Å². The van der Waals surface area contributed by atoms with E-state index in [9.17, 15) is 9.18 Å². The van der Waals surface area contributed by atoms with Gasteiger partial charge in [-0.15, -0.1) is 0 Å². The summed E-state index contributed by atoms with van der Waals surface area (Å²) in [5.74, 6) is -0.514. The van der Waals surface area contributed by atoms with Crippen molar-refractivity contribution in [2.24, 2.45) is 7.05 Å². The minimum absolute atomic E-state index is 0.288. The molecule has 0 aliphatic carbocycles. The zero-order valence-electron chi connectivity index (χ0n) is 15.4. The number of methoxy groups -OCH3 is 1. The third-order valence-electron chi connectivity index (χ3n) is 3.92. The second-order valence-electron chi connectivity index (χ2n) is 5.92. The molecule has 3 aromatic rings. The molecule has 0 saturated heterocycles. The van der Waals surface area contributed by atoms with Gasteiger partial charge in [0, 0.05) is 42.0 Å². The third-order valence-corrected chi connectivity index (χ3v) is 4.58. The summed E-state index contributed by atoms with van der Waals surface area (Å²) < 4.78 is 23.4. The number of carbonyl (C=O) groups is 1. The van der Waals surface area contributed by atoms with Gasteiger partial charge in [0.15, 0.2) is 0 Å². The van der Waals surface area contributed by atoms with E-state index >= 15 is 0 Å². The Morgan fingerprint density at radius 1 is 1.25 bits per heavy atom. The van der Waals surface area contributed by atoms with Crippen molar-refractivity contribution in [2.75, 3.05) is 23.4 Å². The van der Waals surface area contributed by atoms with Gasteiger partial charge >= 0.3 is 0 Å². The molecule has 9 heteroatoms. The molecule has 1 aromatic carbocycles. The summed E-state index contributed by atoms with van der Waals surface area (Å²) in [7, 11) is 3.21. The van der Waals surface area contributed by atoms with Gasteiger partial charge in [-0.3, -0.25) is 4.79 Å². The lowest BCUT2D eigenvalue weighted by atomic mass is 10.2. The fraction of sp³-hybridized carbons (Fsp3) is 0.158. The average molecular weight is 421 g/mol. The van der Waals surface area contributed by atoms with E-state index in [1.807, 2.05) is 6.26 Å². The molecule has 2 aromatic heterocycles. The summed E-state index contributed by atoms with van der Waals surface area (Å²) in [6.07, 6.45) is 4.67. The summed E-state index contributed by atoms with van der Waals surface area (Å²) >= 11 is 7.54. The Kier molecular flexibility index (Phi) is 6.11. The lowest BCUT2D eigenvalue weighted by molar-refractivity contribution is 0.102. The number of nitrogens with one attached hydrogen (secondary N) is 2. The highest BCUT2D eigenvalue weighted by Gasteiger charge is 2.17. The number of hydrogen-bond donors (Lipinski definition) is 2. The van der Waals surface area contributed by atoms with E-state index in [0.717, 1.165) is 11.9 Å². The molecule has 2 N–H and O–H groups in total. The van der Waals surface area contributed by atoms with Gasteiger partial charge < -0.3 is 19.3 Å². The van der Waals surface area contributed by atoms with Crippen molar-refractivity contribution in [3.63, 3.8) is 0 Å². The zero-order chi connectivity index (χ0) is 20.3. The minimum atomic E-state index is -0.497. The molecule has 2 heterocycles. The number of nitrogens with zero attached hydrogens (tertiary/aromatic N) is 2. The van der Waals surface area contributed by atoms with Crippen LogP contribution in [0.5, 0.6) is 5.75 Å². The SMILES string of the molecule is COc1cc(F)cnc1-c1cc(C(=O)Nc2cc(Cl)cc(NSC)c2)cn1C. The molecule has 0 bridgehead atoms. The quantitative estimate of drug-likeness (QED) is 0.559. The van der Waals surface area contributed by atoms with Crippen LogP contribution in [0.2, 0.25) is 5.02 Å². The van der Waals surface area contributed by atoms with Gasteiger partial charge in [-0.25, -0.2) is 9.37 Å². The van der Waals surface area contributed by atoms with Crippen molar-refractivity contribution in [3.05, 3.63) is 59.1 Å². The molecule has 0 radical (unpaired) electrons. The van der Waals surface area contributed by atoms with E-state index in [-0.39, 0.29) is 11.7 Å². The van der Waals surface area contributed by atoms with Crippen LogP contribution in [0, 0.1) is 5.82 Å². The van der Waals surface area contributed by atoms with Gasteiger partial charge in [0.2, 0.25) is 0 Å². The summed E-state index contributed by atoms with van der Waals surface area (Å²) in [4.78, 5) is 16.8. The maximum atomic E-state index is 13.4. The van der Waals surface area contributed by atoms with Crippen LogP contribution in [0.15, 0.2) is 42.7 Å². The monoisotopic (exact) mass is 420 g/mol. The van der Waals surface area contributed by atoms with Gasteiger partial charge in [-0.05, 0) is 24.3 Å². The molecular formula is C19H18ClFN4O2S. The second kappa shape index (κ2) is 8.53. The van der Waals surface area contributed by atoms with Gasteiger partial charge in [0.05, 0.1) is 24.6 Å². The molecular weight excluding hydrogens is 403 g/mol. The molecule has 1 amide bonds. The maximum Gasteiger partial charge on any atom is 0.257 e. The topological polar surface area (TPSA) is 68.2 Å². The molecule has 0 aliphatic rings. The van der Waals surface area contributed by atoms with E-state index in [1.54, 1.807) is 42.1 Å². The molecule has 28 heavy (non-hydrogen) atoms. The molecule has 3 rings (SSSR count). The minimum Gasteiger partial charge on any atom is -0.494 e. The summed E-state index contributed by atoms with van der Waals surface area (Å²) in [6.45, 7) is 0. The Morgan fingerprint density at radius 2 is 2.00 bits per heavy atom. The van der Waals surface area contributed by atoms with Crippen LogP contribution in [0.25, 0.3) is 11.4 Å². The Labute approximate surface area is 171 Å². The normalized spacial score (nSPS) is 10.6. The number of anilines is 2. The lowest BCUT2D eigenvalue weighted by Gasteiger charge is -2.08. The number of halogens is 2. The number of ether oxygens (including phenoxy) is 1. The largest absolute Gasteiger partial charge is 0.494 e. The van der Waals surface area contributed by atoms with Gasteiger partial charge in [-0.2, -0.15) is 0 Å². The summed E-state index contributed by atoms with van der Waals surface area (Å²) in [5, 5.41) is 3.33. The van der Waals surface area contributed by atoms with Crippen molar-refractivity contribution < 1.29 is 13.9 Å². The Balaban J connectivity index is 1.88. The van der Waals surface area contributed by atoms with Crippen molar-refractivity contribution in [2.45, 2.75) is 0 Å². The van der Waals surface area contributed by atoms with Crippen molar-refractivity contribution in [1.82, 2.24) is 9.55 Å². The fourth-order valence-electron chi connectivity index (χ4n) is 2.73. The number of aryl methyl sites for hydroxylation is 1. The number of hydrogen-bond acceptors (Lipinski definition) is 5. The molecule has 0 spiro atoms. The Bertz CT molecular complexity index is 1030. The van der Waals surface area contributed by atoms with Crippen molar-refractivity contribution >= 4 is 40.8 Å². The summed E-state index contributed by atoms with van der Waals surface area (Å²) in [6, 6.07) is 8.14. The zero-order valence-corrected chi connectivity index (χ0v) is 17.0. The smallest absolute Gasteiger partial charge is 0.257 e. The molecule has 0 atom stereocenters. The molecule has 0 aliphatic heterocycles. The van der Waals surface area contributed by atoms with E-state index in [0.29, 0.717) is 27.7 Å². The van der Waals surface area contributed by atoms with Crippen LogP contribution >= 0.6 is 23.5 Å². The van der Waals surface area contributed by atoms with E-state index < -0.39 is 5.82 Å². The lowest BCUT2D eigenvalue weighted by Crippen LogP contribution is -2.11. The molecule has 0 saturated carbocycles. The van der Waals surface area contributed by atoms with Crippen LogP contribution in [0.4, 0.5) is 15.8 Å². The predicted octanol–water partition coefficient (Wildman–Crippen LogP) is 4.83. The van der Waals surface area contributed by atoms with Crippen LogP contribution in [-0.4, -0.2) is 28.8 Å². The first-order valence-corrected chi connectivity index (χ1v) is 9.78. The molecule has 146 valence electrons. The number of aromatic nitrogens is 2. The first-order valence-electron chi connectivity index (χ1n) is 8.18. The maximum absolute atomic E-state index is 13.4. The molecule has 0 fully saturated rings. The number of carbonyl (C=O) groups excluding carboxylic acids is 1. The summed E-state index contributed by atoms with van der Waals surface area (Å²) in [5.41, 5.74) is 2.84. The predicted molar refractivity (Wildman–Crippen MR) is 112 cm³/mol. The van der Waals surface area contributed by atoms with E-state index in [1.165, 1.54) is 25.1 Å². The van der Waals surface area contributed by atoms with Crippen LogP contribution < -0.4 is 14.8 Å². The number of rotatable bonds is 6. The fourth-order valence-corrected chi connectivity index (χ4v) is 3.32. The second-order valence-corrected chi connectivity index (χ2v) is 6.97. The first-order chi connectivity index (χ1) is 13.4. The number of amides is 1. The van der Waals surface area contributed by atoms with Gasteiger partial charge in [-0.1, -0.05) is 23.5 Å². The van der Waals surface area contributed by atoms with Crippen LogP contribution in [-0.2, 0) is 7.05 Å². The van der Waals surface area contributed by atoms with E-state index in [4.69, 9.17) is 16.3 Å². The molecule has 6 nitrogen and oxygen atoms in total. The van der Waals surface area contributed by atoms with Crippen LogP contribution in [0.3, 0.4) is 0 Å². The highest BCUT2D eigenvalue weighted by molar-refractivity contribution is 7.99. The van der Waals surface area contributed by atoms with Crippen LogP contribution in [0.1, 0.15) is 10.4 Å². The highest BCUT2D eigenvalue weighted by Crippen LogP contribution is 2.30. The molecule has 0 unspecified atom stereocenters. The van der Waals surface area contributed by atoms with E-state index in [2.05, 4.69) is 15.0 Å². The first kappa shape index (κ1) is 20.0. The van der Waals surface area contributed by atoms with Gasteiger partial charge in [0.25, 0.3) is 5.91 Å². The average Bonchev–Trinajstić information content (AvgIpc) is 3.03. The third kappa shape index (κ3) is 4.40. The Hall–Kier alpha value is -2.71. The highest BCUT2D eigenvalue weighted by atomic mass is 35.5. The van der Waals surface area contributed by atoms with Crippen molar-refractivity contribution in [3.8, 4) is 17.1 Å².